The van der Waals surface area contributed by atoms with Crippen molar-refractivity contribution >= 4 is 11.8 Å². The summed E-state index contributed by atoms with van der Waals surface area (Å²) in [5.74, 6) is 3.69. The van der Waals surface area contributed by atoms with Crippen molar-refractivity contribution in [2.75, 3.05) is 0 Å². The number of rotatable bonds is 3. The van der Waals surface area contributed by atoms with Crippen LogP contribution in [0.4, 0.5) is 0 Å². The van der Waals surface area contributed by atoms with E-state index in [1.165, 1.54) is 89.9 Å². The summed E-state index contributed by atoms with van der Waals surface area (Å²) in [6.45, 7) is 0. The van der Waals surface area contributed by atoms with Crippen LogP contribution in [0.2, 0.25) is 0 Å². The Balaban J connectivity index is 1.01. The van der Waals surface area contributed by atoms with Crippen molar-refractivity contribution in [2.45, 2.75) is 126 Å². The van der Waals surface area contributed by atoms with Crippen LogP contribution in [0.15, 0.2) is 70.4 Å². The molecular formula is C37H48N2OS. The Hall–Kier alpha value is -1.49. The quantitative estimate of drug-likeness (QED) is 0.347. The molecule has 2 saturated heterocycles. The first-order valence-electron chi connectivity index (χ1n) is 17.3. The lowest BCUT2D eigenvalue weighted by Gasteiger charge is -2.50. The molecule has 218 valence electrons. The molecule has 0 aromatic heterocycles. The molecule has 0 radical (unpaired) electrons. The van der Waals surface area contributed by atoms with E-state index in [1.807, 2.05) is 0 Å². The average Bonchev–Trinajstić information content (AvgIpc) is 3.72. The number of hydrogen-bond donors (Lipinski definition) is 1. The number of thioether (sulfide) groups is 1. The Kier molecular flexibility index (Phi) is 6.71. The third kappa shape index (κ3) is 4.28. The van der Waals surface area contributed by atoms with Gasteiger partial charge in [-0.15, -0.1) is 11.8 Å². The van der Waals surface area contributed by atoms with E-state index in [9.17, 15) is 0 Å². The average molecular weight is 569 g/mol. The van der Waals surface area contributed by atoms with Gasteiger partial charge in [-0.05, 0) is 117 Å². The third-order valence-electron chi connectivity index (χ3n) is 12.6. The van der Waals surface area contributed by atoms with Gasteiger partial charge in [-0.2, -0.15) is 0 Å². The van der Waals surface area contributed by atoms with Gasteiger partial charge in [-0.3, -0.25) is 5.32 Å². The van der Waals surface area contributed by atoms with E-state index in [1.54, 1.807) is 21.7 Å². The van der Waals surface area contributed by atoms with Gasteiger partial charge in [0.1, 0.15) is 6.23 Å². The SMILES string of the molecule is C1=CCC2C(=C1)SC1C2C=CC(N2C3=C(CCCC3)C3=CC=CCC32)C1C1CCC(C2NC3CCCCC3O2)CC1. The van der Waals surface area contributed by atoms with Crippen molar-refractivity contribution in [3.05, 3.63) is 70.4 Å². The molecule has 3 aliphatic heterocycles. The van der Waals surface area contributed by atoms with Crippen molar-refractivity contribution < 1.29 is 4.74 Å². The smallest absolute Gasteiger partial charge is 0.111 e. The van der Waals surface area contributed by atoms with Crippen molar-refractivity contribution in [1.82, 2.24) is 10.2 Å². The van der Waals surface area contributed by atoms with Crippen molar-refractivity contribution in [3.63, 3.8) is 0 Å². The Morgan fingerprint density at radius 2 is 1.66 bits per heavy atom. The summed E-state index contributed by atoms with van der Waals surface area (Å²) >= 11 is 2.29. The fourth-order valence-corrected chi connectivity index (χ4v) is 12.6. The second kappa shape index (κ2) is 10.6. The van der Waals surface area contributed by atoms with Gasteiger partial charge >= 0.3 is 0 Å². The number of fused-ring (bicyclic) bond motifs is 6. The van der Waals surface area contributed by atoms with Gasteiger partial charge in [0.25, 0.3) is 0 Å². The summed E-state index contributed by atoms with van der Waals surface area (Å²) in [7, 11) is 0. The van der Waals surface area contributed by atoms with Gasteiger partial charge in [0.15, 0.2) is 0 Å². The van der Waals surface area contributed by atoms with Crippen LogP contribution in [0, 0.1) is 29.6 Å². The van der Waals surface area contributed by atoms with E-state index in [4.69, 9.17) is 4.74 Å². The molecule has 2 saturated carbocycles. The number of nitrogens with zero attached hydrogens (tertiary/aromatic N) is 1. The zero-order chi connectivity index (χ0) is 26.9. The highest BCUT2D eigenvalue weighted by Crippen LogP contribution is 2.59. The topological polar surface area (TPSA) is 24.5 Å². The maximum absolute atomic E-state index is 6.67. The van der Waals surface area contributed by atoms with Crippen LogP contribution < -0.4 is 5.32 Å². The molecule has 3 nitrogen and oxygen atoms in total. The van der Waals surface area contributed by atoms with Crippen molar-refractivity contribution in [1.29, 1.82) is 0 Å². The number of hydrogen-bond acceptors (Lipinski definition) is 4. The van der Waals surface area contributed by atoms with Crippen LogP contribution in [0.5, 0.6) is 0 Å². The lowest BCUT2D eigenvalue weighted by Crippen LogP contribution is -2.52. The highest BCUT2D eigenvalue weighted by atomic mass is 32.2. The molecule has 1 N–H and O–H groups in total. The summed E-state index contributed by atoms with van der Waals surface area (Å²) in [6.07, 6.45) is 39.2. The van der Waals surface area contributed by atoms with Crippen LogP contribution in [-0.4, -0.2) is 40.6 Å². The molecule has 0 spiro atoms. The van der Waals surface area contributed by atoms with E-state index < -0.39 is 0 Å². The molecule has 9 unspecified atom stereocenters. The molecule has 4 heteroatoms. The summed E-state index contributed by atoms with van der Waals surface area (Å²) in [5, 5.41) is 4.69. The molecule has 0 aromatic carbocycles. The maximum atomic E-state index is 6.67. The monoisotopic (exact) mass is 568 g/mol. The predicted octanol–water partition coefficient (Wildman–Crippen LogP) is 8.19. The number of nitrogens with one attached hydrogen (secondary N) is 1. The molecule has 6 aliphatic carbocycles. The molecule has 3 heterocycles. The van der Waals surface area contributed by atoms with Crippen LogP contribution in [0.25, 0.3) is 0 Å². The fourth-order valence-electron chi connectivity index (χ4n) is 10.7. The molecule has 9 atom stereocenters. The standard InChI is InChI=1S/C37H48N2OS/c1-5-13-30-25(9-1)26-10-2-6-14-31(26)39(30)32-22-21-28-27-11-3-8-16-34(27)41-36(28)35(32)23-17-19-24(20-18-23)37-38-29-12-4-7-15-33(29)40-37/h1,3,5,8-9,16,21-24,27-30,32-33,35-38H,2,4,6-7,10-15,17-20H2. The lowest BCUT2D eigenvalue weighted by atomic mass is 9.65. The second-order valence-electron chi connectivity index (χ2n) is 14.6. The summed E-state index contributed by atoms with van der Waals surface area (Å²) in [5.41, 5.74) is 5.13. The van der Waals surface area contributed by atoms with Gasteiger partial charge < -0.3 is 9.64 Å². The lowest BCUT2D eigenvalue weighted by molar-refractivity contribution is -0.0238. The molecule has 9 rings (SSSR count). The zero-order valence-electron chi connectivity index (χ0n) is 24.6. The minimum Gasteiger partial charge on any atom is -0.360 e. The largest absolute Gasteiger partial charge is 0.360 e. The molecule has 41 heavy (non-hydrogen) atoms. The fraction of sp³-hybridized carbons (Fsp3) is 0.676. The van der Waals surface area contributed by atoms with Gasteiger partial charge in [0.2, 0.25) is 0 Å². The summed E-state index contributed by atoms with van der Waals surface area (Å²) < 4.78 is 6.67. The molecular weight excluding hydrogens is 520 g/mol. The van der Waals surface area contributed by atoms with Crippen molar-refractivity contribution in [2.24, 2.45) is 29.6 Å². The molecule has 9 aliphatic rings. The Morgan fingerprint density at radius 1 is 0.829 bits per heavy atom. The molecule has 0 bridgehead atoms. The Labute approximate surface area is 251 Å². The first kappa shape index (κ1) is 26.0. The third-order valence-corrected chi connectivity index (χ3v) is 14.3. The van der Waals surface area contributed by atoms with Crippen LogP contribution in [-0.2, 0) is 4.74 Å². The molecule has 0 amide bonds. The Bertz CT molecular complexity index is 1220. The highest BCUT2D eigenvalue weighted by Gasteiger charge is 2.53. The van der Waals surface area contributed by atoms with E-state index in [2.05, 4.69) is 70.6 Å². The van der Waals surface area contributed by atoms with E-state index in [-0.39, 0.29) is 0 Å². The molecule has 0 aromatic rings. The first-order chi connectivity index (χ1) is 20.3. The number of allylic oxidation sites excluding steroid dienone is 8. The minimum atomic E-state index is 0.314. The van der Waals surface area contributed by atoms with Crippen LogP contribution >= 0.6 is 11.8 Å². The van der Waals surface area contributed by atoms with E-state index >= 15 is 0 Å². The minimum absolute atomic E-state index is 0.314. The number of ether oxygens (including phenoxy) is 1. The molecule has 4 fully saturated rings. The van der Waals surface area contributed by atoms with Crippen molar-refractivity contribution in [3.8, 4) is 0 Å². The van der Waals surface area contributed by atoms with Crippen LogP contribution in [0.1, 0.15) is 89.9 Å². The van der Waals surface area contributed by atoms with E-state index in [0.717, 1.165) is 23.0 Å². The Morgan fingerprint density at radius 3 is 2.59 bits per heavy atom. The highest BCUT2D eigenvalue weighted by molar-refractivity contribution is 8.04. The van der Waals surface area contributed by atoms with Gasteiger partial charge in [-0.1, -0.05) is 61.4 Å². The summed E-state index contributed by atoms with van der Waals surface area (Å²) in [4.78, 5) is 4.69. The zero-order valence-corrected chi connectivity index (χ0v) is 25.4. The normalized spacial score (nSPS) is 46.4. The second-order valence-corrected chi connectivity index (χ2v) is 15.9. The van der Waals surface area contributed by atoms with Gasteiger partial charge in [-0.25, -0.2) is 0 Å². The van der Waals surface area contributed by atoms with Gasteiger partial charge in [0, 0.05) is 22.9 Å². The summed E-state index contributed by atoms with van der Waals surface area (Å²) in [6, 6.07) is 1.75. The first-order valence-corrected chi connectivity index (χ1v) is 18.2. The maximum Gasteiger partial charge on any atom is 0.111 e. The van der Waals surface area contributed by atoms with E-state index in [0.29, 0.717) is 42.3 Å². The predicted molar refractivity (Wildman–Crippen MR) is 169 cm³/mol. The van der Waals surface area contributed by atoms with Gasteiger partial charge in [0.05, 0.1) is 18.2 Å². The van der Waals surface area contributed by atoms with Crippen LogP contribution in [0.3, 0.4) is 0 Å².